The van der Waals surface area contributed by atoms with E-state index in [1.807, 2.05) is 0 Å². The number of hydrogen-bond donors (Lipinski definition) is 3. The molecule has 3 rings (SSSR count). The molecule has 0 saturated heterocycles. The SMILES string of the molecule is Cl.NC(CNC(=O)c1cn[nH]c1-c1cccc(OC(F)F)c1)C1CC1. The smallest absolute Gasteiger partial charge is 0.387 e. The zero-order valence-corrected chi connectivity index (χ0v) is 14.1. The monoisotopic (exact) mass is 372 g/mol. The molecule has 136 valence electrons. The molecular weight excluding hydrogens is 354 g/mol. The first-order valence-corrected chi connectivity index (χ1v) is 7.67. The van der Waals surface area contributed by atoms with Crippen molar-refractivity contribution in [3.63, 3.8) is 0 Å². The molecule has 0 radical (unpaired) electrons. The molecule has 1 aromatic carbocycles. The number of nitrogens with zero attached hydrogens (tertiary/aromatic N) is 1. The van der Waals surface area contributed by atoms with Crippen molar-refractivity contribution in [2.75, 3.05) is 6.54 Å². The summed E-state index contributed by atoms with van der Waals surface area (Å²) >= 11 is 0. The van der Waals surface area contributed by atoms with E-state index in [0.717, 1.165) is 12.8 Å². The summed E-state index contributed by atoms with van der Waals surface area (Å²) in [6.07, 6.45) is 3.60. The van der Waals surface area contributed by atoms with Crippen molar-refractivity contribution in [1.82, 2.24) is 15.5 Å². The molecule has 0 aliphatic heterocycles. The van der Waals surface area contributed by atoms with Crippen LogP contribution in [0.5, 0.6) is 5.75 Å². The highest BCUT2D eigenvalue weighted by Gasteiger charge is 2.28. The van der Waals surface area contributed by atoms with E-state index >= 15 is 0 Å². The lowest BCUT2D eigenvalue weighted by Crippen LogP contribution is -2.38. The van der Waals surface area contributed by atoms with Crippen LogP contribution in [0.25, 0.3) is 11.3 Å². The third-order valence-corrected chi connectivity index (χ3v) is 3.96. The number of halogens is 3. The first-order chi connectivity index (χ1) is 11.5. The Morgan fingerprint density at radius 2 is 2.20 bits per heavy atom. The van der Waals surface area contributed by atoms with Crippen LogP contribution >= 0.6 is 12.4 Å². The molecule has 9 heteroatoms. The van der Waals surface area contributed by atoms with Gasteiger partial charge in [0.25, 0.3) is 5.91 Å². The third-order valence-electron chi connectivity index (χ3n) is 3.96. The van der Waals surface area contributed by atoms with Crippen molar-refractivity contribution in [1.29, 1.82) is 0 Å². The van der Waals surface area contributed by atoms with Gasteiger partial charge in [0, 0.05) is 18.2 Å². The van der Waals surface area contributed by atoms with E-state index in [9.17, 15) is 13.6 Å². The fourth-order valence-electron chi connectivity index (χ4n) is 2.50. The number of ether oxygens (including phenoxy) is 1. The van der Waals surface area contributed by atoms with Gasteiger partial charge in [0.05, 0.1) is 17.5 Å². The lowest BCUT2D eigenvalue weighted by atomic mass is 10.1. The number of carbonyl (C=O) groups excluding carboxylic acids is 1. The number of nitrogens with one attached hydrogen (secondary N) is 2. The maximum Gasteiger partial charge on any atom is 0.387 e. The van der Waals surface area contributed by atoms with Gasteiger partial charge in [-0.25, -0.2) is 0 Å². The quantitative estimate of drug-likeness (QED) is 0.696. The van der Waals surface area contributed by atoms with E-state index in [0.29, 0.717) is 29.3 Å². The molecular formula is C16H19ClF2N4O2. The Kier molecular flexibility index (Phi) is 6.33. The molecule has 1 unspecified atom stereocenters. The first kappa shape index (κ1) is 19.1. The number of aromatic amines is 1. The summed E-state index contributed by atoms with van der Waals surface area (Å²) in [5, 5.41) is 9.39. The van der Waals surface area contributed by atoms with E-state index in [2.05, 4.69) is 20.3 Å². The second-order valence-electron chi connectivity index (χ2n) is 5.78. The van der Waals surface area contributed by atoms with Gasteiger partial charge in [-0.1, -0.05) is 12.1 Å². The average Bonchev–Trinajstić information content (AvgIpc) is 3.28. The Labute approximate surface area is 149 Å². The Balaban J connectivity index is 0.00000225. The Hall–Kier alpha value is -2.19. The van der Waals surface area contributed by atoms with Crippen LogP contribution in [0.15, 0.2) is 30.5 Å². The highest BCUT2D eigenvalue weighted by molar-refractivity contribution is 5.99. The van der Waals surface area contributed by atoms with Crippen molar-refractivity contribution < 1.29 is 18.3 Å². The molecule has 1 aliphatic rings. The van der Waals surface area contributed by atoms with Crippen molar-refractivity contribution in [2.24, 2.45) is 11.7 Å². The van der Waals surface area contributed by atoms with Crippen LogP contribution in [0.2, 0.25) is 0 Å². The molecule has 1 amide bonds. The van der Waals surface area contributed by atoms with Crippen LogP contribution < -0.4 is 15.8 Å². The summed E-state index contributed by atoms with van der Waals surface area (Å²) in [5.41, 5.74) is 7.26. The molecule has 1 fully saturated rings. The minimum absolute atomic E-state index is 0. The minimum atomic E-state index is -2.91. The molecule has 1 saturated carbocycles. The summed E-state index contributed by atoms with van der Waals surface area (Å²) in [7, 11) is 0. The van der Waals surface area contributed by atoms with E-state index < -0.39 is 6.61 Å². The van der Waals surface area contributed by atoms with Gasteiger partial charge in [-0.3, -0.25) is 9.89 Å². The normalized spacial score (nSPS) is 14.7. The number of H-pyrrole nitrogens is 1. The number of benzene rings is 1. The number of hydrogen-bond acceptors (Lipinski definition) is 4. The Morgan fingerprint density at radius 3 is 2.88 bits per heavy atom. The van der Waals surface area contributed by atoms with Crippen molar-refractivity contribution in [2.45, 2.75) is 25.5 Å². The van der Waals surface area contributed by atoms with E-state index in [1.54, 1.807) is 12.1 Å². The van der Waals surface area contributed by atoms with Crippen LogP contribution in [-0.2, 0) is 0 Å². The van der Waals surface area contributed by atoms with Crippen molar-refractivity contribution in [3.8, 4) is 17.0 Å². The lowest BCUT2D eigenvalue weighted by Gasteiger charge is -2.12. The highest BCUT2D eigenvalue weighted by Crippen LogP contribution is 2.31. The number of rotatable bonds is 7. The largest absolute Gasteiger partial charge is 0.435 e. The van der Waals surface area contributed by atoms with Crippen LogP contribution in [0.4, 0.5) is 8.78 Å². The van der Waals surface area contributed by atoms with E-state index in [1.165, 1.54) is 18.3 Å². The summed E-state index contributed by atoms with van der Waals surface area (Å²) in [6.45, 7) is -2.52. The highest BCUT2D eigenvalue weighted by atomic mass is 35.5. The molecule has 0 spiro atoms. The molecule has 6 nitrogen and oxygen atoms in total. The fourth-order valence-corrected chi connectivity index (χ4v) is 2.50. The van der Waals surface area contributed by atoms with Gasteiger partial charge in [0.15, 0.2) is 0 Å². The van der Waals surface area contributed by atoms with E-state index in [4.69, 9.17) is 5.73 Å². The van der Waals surface area contributed by atoms with Crippen LogP contribution in [-0.4, -0.2) is 35.3 Å². The number of carbonyl (C=O) groups is 1. The van der Waals surface area contributed by atoms with Crippen molar-refractivity contribution in [3.05, 3.63) is 36.0 Å². The van der Waals surface area contributed by atoms with Gasteiger partial charge in [-0.2, -0.15) is 13.9 Å². The average molecular weight is 373 g/mol. The Bertz CT molecular complexity index is 722. The summed E-state index contributed by atoms with van der Waals surface area (Å²) in [5.74, 6) is 0.187. The predicted molar refractivity (Wildman–Crippen MR) is 90.9 cm³/mol. The second-order valence-corrected chi connectivity index (χ2v) is 5.78. The van der Waals surface area contributed by atoms with Gasteiger partial charge >= 0.3 is 6.61 Å². The van der Waals surface area contributed by atoms with Crippen LogP contribution in [0.3, 0.4) is 0 Å². The third kappa shape index (κ3) is 4.90. The Morgan fingerprint density at radius 1 is 1.44 bits per heavy atom. The molecule has 1 aromatic heterocycles. The molecule has 25 heavy (non-hydrogen) atoms. The lowest BCUT2D eigenvalue weighted by molar-refractivity contribution is -0.0498. The summed E-state index contributed by atoms with van der Waals surface area (Å²) in [6, 6.07) is 6.04. The van der Waals surface area contributed by atoms with E-state index in [-0.39, 0.29) is 30.1 Å². The van der Waals surface area contributed by atoms with Gasteiger partial charge in [0.2, 0.25) is 0 Å². The maximum atomic E-state index is 12.3. The number of aromatic nitrogens is 2. The van der Waals surface area contributed by atoms with Gasteiger partial charge < -0.3 is 15.8 Å². The maximum absolute atomic E-state index is 12.3. The van der Waals surface area contributed by atoms with Crippen LogP contribution in [0, 0.1) is 5.92 Å². The zero-order chi connectivity index (χ0) is 17.1. The molecule has 1 heterocycles. The number of nitrogens with two attached hydrogens (primary N) is 1. The van der Waals surface area contributed by atoms with Crippen LogP contribution in [0.1, 0.15) is 23.2 Å². The van der Waals surface area contributed by atoms with Gasteiger partial charge in [-0.15, -0.1) is 12.4 Å². The molecule has 1 aliphatic carbocycles. The minimum Gasteiger partial charge on any atom is -0.435 e. The fraction of sp³-hybridized carbons (Fsp3) is 0.375. The topological polar surface area (TPSA) is 93.0 Å². The first-order valence-electron chi connectivity index (χ1n) is 7.67. The molecule has 4 N–H and O–H groups in total. The van der Waals surface area contributed by atoms with Crippen molar-refractivity contribution >= 4 is 18.3 Å². The molecule has 0 bridgehead atoms. The number of alkyl halides is 2. The standard InChI is InChI=1S/C16H18F2N4O2.ClH/c17-16(18)24-11-3-1-2-10(6-11)14-12(7-21-22-14)15(23)20-8-13(19)9-4-5-9;/h1-3,6-7,9,13,16H,4-5,8,19H2,(H,20,23)(H,21,22);1H. The predicted octanol–water partition coefficient (Wildman–Crippen LogP) is 2.57. The molecule has 2 aromatic rings. The zero-order valence-electron chi connectivity index (χ0n) is 13.2. The van der Waals surface area contributed by atoms with Gasteiger partial charge in [0.1, 0.15) is 5.75 Å². The summed E-state index contributed by atoms with van der Waals surface area (Å²) in [4.78, 5) is 12.3. The second kappa shape index (κ2) is 8.26. The number of amides is 1. The molecule has 1 atom stereocenters. The van der Waals surface area contributed by atoms with Gasteiger partial charge in [-0.05, 0) is 30.9 Å². The summed E-state index contributed by atoms with van der Waals surface area (Å²) < 4.78 is 29.0.